The number of nitro groups is 1. The normalized spacial score (nSPS) is 20.6. The van der Waals surface area contributed by atoms with Gasteiger partial charge in [0.2, 0.25) is 0 Å². The van der Waals surface area contributed by atoms with Gasteiger partial charge in [0.25, 0.3) is 5.69 Å². The zero-order valence-electron chi connectivity index (χ0n) is 9.63. The average molecular weight is 232 g/mol. The zero-order chi connectivity index (χ0) is 12.1. The lowest BCUT2D eigenvalue weighted by atomic mass is 10.0. The Morgan fingerprint density at radius 2 is 2.29 bits per heavy atom. The second-order valence-electron chi connectivity index (χ2n) is 4.27. The van der Waals surface area contributed by atoms with Crippen molar-refractivity contribution in [3.63, 3.8) is 0 Å². The lowest BCUT2D eigenvalue weighted by molar-refractivity contribution is -0.384. The first kappa shape index (κ1) is 11.8. The standard InChI is InChI=1S/C13H16N2O2/c16-15(17)13-6-3-4-11(10-13)7-8-12-5-1-2-9-14-12/h3-4,6-8,10,12,14H,1-2,5,9H2/b8-7+. The highest BCUT2D eigenvalue weighted by Gasteiger charge is 2.09. The summed E-state index contributed by atoms with van der Waals surface area (Å²) < 4.78 is 0. The Balaban J connectivity index is 2.04. The van der Waals surface area contributed by atoms with Crippen molar-refractivity contribution < 1.29 is 4.92 Å². The fourth-order valence-corrected chi connectivity index (χ4v) is 2.01. The van der Waals surface area contributed by atoms with Gasteiger partial charge in [-0.1, -0.05) is 30.7 Å². The lowest BCUT2D eigenvalue weighted by Gasteiger charge is -2.19. The van der Waals surface area contributed by atoms with Crippen molar-refractivity contribution in [1.29, 1.82) is 0 Å². The van der Waals surface area contributed by atoms with E-state index in [-0.39, 0.29) is 10.6 Å². The summed E-state index contributed by atoms with van der Waals surface area (Å²) in [4.78, 5) is 10.3. The first-order valence-electron chi connectivity index (χ1n) is 5.92. The predicted octanol–water partition coefficient (Wildman–Crippen LogP) is 2.75. The maximum atomic E-state index is 10.6. The van der Waals surface area contributed by atoms with Gasteiger partial charge < -0.3 is 5.32 Å². The summed E-state index contributed by atoms with van der Waals surface area (Å²) in [6.07, 6.45) is 7.68. The van der Waals surface area contributed by atoms with E-state index in [4.69, 9.17) is 0 Å². The molecule has 0 radical (unpaired) electrons. The predicted molar refractivity (Wildman–Crippen MR) is 67.8 cm³/mol. The molecule has 0 saturated carbocycles. The van der Waals surface area contributed by atoms with Gasteiger partial charge in [-0.3, -0.25) is 10.1 Å². The van der Waals surface area contributed by atoms with Crippen LogP contribution in [0, 0.1) is 10.1 Å². The number of nitrogens with zero attached hydrogens (tertiary/aromatic N) is 1. The fourth-order valence-electron chi connectivity index (χ4n) is 2.01. The van der Waals surface area contributed by atoms with Gasteiger partial charge in [0.15, 0.2) is 0 Å². The smallest absolute Gasteiger partial charge is 0.270 e. The van der Waals surface area contributed by atoms with Crippen LogP contribution in [0.3, 0.4) is 0 Å². The lowest BCUT2D eigenvalue weighted by Crippen LogP contribution is -2.31. The quantitative estimate of drug-likeness (QED) is 0.644. The molecule has 0 amide bonds. The van der Waals surface area contributed by atoms with Crippen LogP contribution in [0.1, 0.15) is 24.8 Å². The summed E-state index contributed by atoms with van der Waals surface area (Å²) in [7, 11) is 0. The van der Waals surface area contributed by atoms with E-state index in [1.807, 2.05) is 12.1 Å². The van der Waals surface area contributed by atoms with Crippen LogP contribution in [0.5, 0.6) is 0 Å². The van der Waals surface area contributed by atoms with E-state index in [0.29, 0.717) is 6.04 Å². The van der Waals surface area contributed by atoms with Crippen molar-refractivity contribution in [2.45, 2.75) is 25.3 Å². The molecular weight excluding hydrogens is 216 g/mol. The summed E-state index contributed by atoms with van der Waals surface area (Å²) >= 11 is 0. The largest absolute Gasteiger partial charge is 0.311 e. The highest BCUT2D eigenvalue weighted by molar-refractivity contribution is 5.53. The molecule has 0 bridgehead atoms. The molecule has 0 aromatic heterocycles. The van der Waals surface area contributed by atoms with E-state index in [1.54, 1.807) is 12.1 Å². The van der Waals surface area contributed by atoms with Gasteiger partial charge in [-0.2, -0.15) is 0 Å². The topological polar surface area (TPSA) is 55.2 Å². The SMILES string of the molecule is O=[N+]([O-])c1cccc(/C=C/C2CCCCN2)c1. The van der Waals surface area contributed by atoms with Crippen molar-refractivity contribution in [3.05, 3.63) is 46.0 Å². The number of nitro benzene ring substituents is 1. The average Bonchev–Trinajstić information content (AvgIpc) is 2.38. The molecule has 4 nitrogen and oxygen atoms in total. The number of rotatable bonds is 3. The number of non-ortho nitro benzene ring substituents is 1. The molecule has 1 saturated heterocycles. The van der Waals surface area contributed by atoms with Crippen LogP contribution in [-0.2, 0) is 0 Å². The Hall–Kier alpha value is -1.68. The molecule has 1 aromatic carbocycles. The minimum Gasteiger partial charge on any atom is -0.311 e. The van der Waals surface area contributed by atoms with Crippen molar-refractivity contribution in [2.75, 3.05) is 6.54 Å². The molecule has 1 aromatic rings. The molecule has 0 aliphatic carbocycles. The number of hydrogen-bond donors (Lipinski definition) is 1. The maximum Gasteiger partial charge on any atom is 0.270 e. The Kier molecular flexibility index (Phi) is 3.88. The van der Waals surface area contributed by atoms with Gasteiger partial charge in [0.05, 0.1) is 4.92 Å². The maximum absolute atomic E-state index is 10.6. The van der Waals surface area contributed by atoms with E-state index < -0.39 is 0 Å². The summed E-state index contributed by atoms with van der Waals surface area (Å²) in [6.45, 7) is 1.06. The van der Waals surface area contributed by atoms with Gasteiger partial charge in [0, 0.05) is 18.2 Å². The van der Waals surface area contributed by atoms with Crippen molar-refractivity contribution in [3.8, 4) is 0 Å². The van der Waals surface area contributed by atoms with Gasteiger partial charge in [-0.15, -0.1) is 0 Å². The highest BCUT2D eigenvalue weighted by Crippen LogP contribution is 2.15. The first-order valence-corrected chi connectivity index (χ1v) is 5.92. The third-order valence-corrected chi connectivity index (χ3v) is 2.95. The van der Waals surface area contributed by atoms with Crippen molar-refractivity contribution >= 4 is 11.8 Å². The first-order chi connectivity index (χ1) is 8.25. The molecular formula is C13H16N2O2. The van der Waals surface area contributed by atoms with Crippen molar-refractivity contribution in [2.24, 2.45) is 0 Å². The summed E-state index contributed by atoms with van der Waals surface area (Å²) in [5, 5.41) is 14.0. The Morgan fingerprint density at radius 1 is 1.41 bits per heavy atom. The zero-order valence-corrected chi connectivity index (χ0v) is 9.63. The molecule has 1 fully saturated rings. The van der Waals surface area contributed by atoms with Crippen molar-refractivity contribution in [1.82, 2.24) is 5.32 Å². The van der Waals surface area contributed by atoms with Gasteiger partial charge >= 0.3 is 0 Å². The Labute approximate surface area is 100 Å². The third-order valence-electron chi connectivity index (χ3n) is 2.95. The highest BCUT2D eigenvalue weighted by atomic mass is 16.6. The number of nitrogens with one attached hydrogen (secondary N) is 1. The van der Waals surface area contributed by atoms with Crippen LogP contribution in [0.15, 0.2) is 30.3 Å². The molecule has 4 heteroatoms. The van der Waals surface area contributed by atoms with E-state index in [2.05, 4.69) is 11.4 Å². The molecule has 1 N–H and O–H groups in total. The minimum absolute atomic E-state index is 0.142. The minimum atomic E-state index is -0.365. The van der Waals surface area contributed by atoms with Crippen LogP contribution < -0.4 is 5.32 Å². The van der Waals surface area contributed by atoms with Crippen LogP contribution in [0.25, 0.3) is 6.08 Å². The van der Waals surface area contributed by atoms with Gasteiger partial charge in [-0.05, 0) is 24.9 Å². The molecule has 1 unspecified atom stereocenters. The van der Waals surface area contributed by atoms with Crippen LogP contribution >= 0.6 is 0 Å². The van der Waals surface area contributed by atoms with Crippen LogP contribution in [0.2, 0.25) is 0 Å². The van der Waals surface area contributed by atoms with Crippen LogP contribution in [-0.4, -0.2) is 17.5 Å². The summed E-state index contributed by atoms with van der Waals surface area (Å²) in [5.74, 6) is 0. The number of piperidine rings is 1. The van der Waals surface area contributed by atoms with Gasteiger partial charge in [0.1, 0.15) is 0 Å². The Morgan fingerprint density at radius 3 is 3.00 bits per heavy atom. The fraction of sp³-hybridized carbons (Fsp3) is 0.385. The molecule has 90 valence electrons. The van der Waals surface area contributed by atoms with Crippen LogP contribution in [0.4, 0.5) is 5.69 Å². The molecule has 1 atom stereocenters. The van der Waals surface area contributed by atoms with E-state index in [1.165, 1.54) is 18.9 Å². The second kappa shape index (κ2) is 5.59. The van der Waals surface area contributed by atoms with Gasteiger partial charge in [-0.25, -0.2) is 0 Å². The molecule has 1 aliphatic rings. The number of benzene rings is 1. The molecule has 17 heavy (non-hydrogen) atoms. The molecule has 1 heterocycles. The van der Waals surface area contributed by atoms with E-state index in [9.17, 15) is 10.1 Å². The van der Waals surface area contributed by atoms with E-state index in [0.717, 1.165) is 18.5 Å². The third kappa shape index (κ3) is 3.39. The summed E-state index contributed by atoms with van der Waals surface area (Å²) in [5.41, 5.74) is 1.02. The monoisotopic (exact) mass is 232 g/mol. The molecule has 2 rings (SSSR count). The second-order valence-corrected chi connectivity index (χ2v) is 4.27. The molecule has 0 spiro atoms. The Bertz CT molecular complexity index is 423. The molecule has 1 aliphatic heterocycles. The van der Waals surface area contributed by atoms with E-state index >= 15 is 0 Å². The number of hydrogen-bond acceptors (Lipinski definition) is 3. The summed E-state index contributed by atoms with van der Waals surface area (Å²) in [6, 6.07) is 7.11.